The summed E-state index contributed by atoms with van der Waals surface area (Å²) in [5.41, 5.74) is 12.8. The molecule has 4 N–H and O–H groups in total. The first-order chi connectivity index (χ1) is 5.68. The van der Waals surface area contributed by atoms with Crippen LogP contribution in [0.5, 0.6) is 0 Å². The Bertz CT molecular complexity index is 434. The molecule has 4 heteroatoms. The standard InChI is InChI=1S/C8H8N2S2/c9-4-1-5-7(11)3-12-8(5)6(10)2-4/h1-3,11H,9-10H2. The highest BCUT2D eigenvalue weighted by Gasteiger charge is 2.04. The Labute approximate surface area is 79.6 Å². The first kappa shape index (κ1) is 7.76. The van der Waals surface area contributed by atoms with Gasteiger partial charge in [0.05, 0.1) is 10.4 Å². The number of thiophene rings is 1. The molecule has 0 unspecified atom stereocenters. The second kappa shape index (κ2) is 2.57. The molecule has 2 nitrogen and oxygen atoms in total. The van der Waals surface area contributed by atoms with Gasteiger partial charge in [0.15, 0.2) is 0 Å². The number of hydrogen-bond donors (Lipinski definition) is 3. The monoisotopic (exact) mass is 196 g/mol. The van der Waals surface area contributed by atoms with Crippen molar-refractivity contribution in [3.05, 3.63) is 17.5 Å². The summed E-state index contributed by atoms with van der Waals surface area (Å²) in [6.45, 7) is 0. The molecule has 0 spiro atoms. The Morgan fingerprint density at radius 1 is 1.25 bits per heavy atom. The average molecular weight is 196 g/mol. The lowest BCUT2D eigenvalue weighted by Crippen LogP contribution is -1.89. The molecule has 0 fully saturated rings. The zero-order valence-corrected chi connectivity index (χ0v) is 7.95. The molecule has 0 amide bonds. The predicted molar refractivity (Wildman–Crippen MR) is 57.9 cm³/mol. The van der Waals surface area contributed by atoms with Crippen molar-refractivity contribution in [3.63, 3.8) is 0 Å². The van der Waals surface area contributed by atoms with Gasteiger partial charge in [-0.05, 0) is 12.1 Å². The van der Waals surface area contributed by atoms with Crippen LogP contribution in [0.25, 0.3) is 10.1 Å². The van der Waals surface area contributed by atoms with Crippen LogP contribution in [0, 0.1) is 0 Å². The lowest BCUT2D eigenvalue weighted by Gasteiger charge is -1.98. The highest BCUT2D eigenvalue weighted by Crippen LogP contribution is 2.34. The molecule has 0 saturated carbocycles. The molecule has 0 bridgehead atoms. The number of rotatable bonds is 0. The van der Waals surface area contributed by atoms with Crippen molar-refractivity contribution < 1.29 is 0 Å². The fourth-order valence-corrected chi connectivity index (χ4v) is 2.43. The molecule has 0 aliphatic heterocycles. The summed E-state index contributed by atoms with van der Waals surface area (Å²) in [6.07, 6.45) is 0. The molecule has 1 heterocycles. The number of anilines is 2. The fourth-order valence-electron chi connectivity index (χ4n) is 1.17. The second-order valence-electron chi connectivity index (χ2n) is 2.61. The zero-order chi connectivity index (χ0) is 8.72. The molecule has 0 saturated heterocycles. The van der Waals surface area contributed by atoms with Gasteiger partial charge in [0, 0.05) is 21.3 Å². The molecule has 2 rings (SSSR count). The summed E-state index contributed by atoms with van der Waals surface area (Å²) in [5, 5.41) is 3.00. The van der Waals surface area contributed by atoms with Crippen LogP contribution in [-0.2, 0) is 0 Å². The van der Waals surface area contributed by atoms with Gasteiger partial charge in [-0.25, -0.2) is 0 Å². The lowest BCUT2D eigenvalue weighted by molar-refractivity contribution is 1.67. The molecule has 12 heavy (non-hydrogen) atoms. The van der Waals surface area contributed by atoms with Crippen LogP contribution >= 0.6 is 24.0 Å². The van der Waals surface area contributed by atoms with E-state index in [2.05, 4.69) is 12.6 Å². The third-order valence-electron chi connectivity index (χ3n) is 1.70. The van der Waals surface area contributed by atoms with Crippen LogP contribution in [0.3, 0.4) is 0 Å². The van der Waals surface area contributed by atoms with Crippen LogP contribution < -0.4 is 11.5 Å². The molecular formula is C8H8N2S2. The summed E-state index contributed by atoms with van der Waals surface area (Å²) >= 11 is 5.89. The van der Waals surface area contributed by atoms with Crippen molar-refractivity contribution >= 4 is 45.4 Å². The molecule has 0 aliphatic carbocycles. The Morgan fingerprint density at radius 2 is 2.00 bits per heavy atom. The Kier molecular flexibility index (Phi) is 1.66. The summed E-state index contributed by atoms with van der Waals surface area (Å²) < 4.78 is 1.06. The van der Waals surface area contributed by atoms with Gasteiger partial charge in [-0.3, -0.25) is 0 Å². The zero-order valence-electron chi connectivity index (χ0n) is 6.24. The van der Waals surface area contributed by atoms with E-state index in [1.807, 2.05) is 11.4 Å². The lowest BCUT2D eigenvalue weighted by atomic mass is 10.2. The Balaban J connectivity index is 2.92. The number of hydrogen-bond acceptors (Lipinski definition) is 4. The Morgan fingerprint density at radius 3 is 2.75 bits per heavy atom. The minimum atomic E-state index is 0.689. The van der Waals surface area contributed by atoms with E-state index < -0.39 is 0 Å². The van der Waals surface area contributed by atoms with Crippen LogP contribution in [0.2, 0.25) is 0 Å². The highest BCUT2D eigenvalue weighted by molar-refractivity contribution is 7.80. The van der Waals surface area contributed by atoms with Crippen molar-refractivity contribution in [1.82, 2.24) is 0 Å². The van der Waals surface area contributed by atoms with E-state index >= 15 is 0 Å². The van der Waals surface area contributed by atoms with Gasteiger partial charge >= 0.3 is 0 Å². The summed E-state index contributed by atoms with van der Waals surface area (Å²) in [4.78, 5) is 0.939. The summed E-state index contributed by atoms with van der Waals surface area (Å²) in [5.74, 6) is 0. The maximum atomic E-state index is 5.77. The van der Waals surface area contributed by atoms with Crippen molar-refractivity contribution in [1.29, 1.82) is 0 Å². The third kappa shape index (κ3) is 1.04. The van der Waals surface area contributed by atoms with E-state index in [0.29, 0.717) is 5.69 Å². The quantitative estimate of drug-likeness (QED) is 0.447. The number of thiol groups is 1. The van der Waals surface area contributed by atoms with Gasteiger partial charge in [0.1, 0.15) is 0 Å². The largest absolute Gasteiger partial charge is 0.399 e. The molecule has 0 radical (unpaired) electrons. The van der Waals surface area contributed by atoms with E-state index in [4.69, 9.17) is 11.5 Å². The number of nitrogen functional groups attached to an aromatic ring is 2. The first-order valence-electron chi connectivity index (χ1n) is 3.43. The molecule has 1 aromatic heterocycles. The van der Waals surface area contributed by atoms with Gasteiger partial charge in [-0.15, -0.1) is 24.0 Å². The van der Waals surface area contributed by atoms with Gasteiger partial charge in [-0.2, -0.15) is 0 Å². The second-order valence-corrected chi connectivity index (χ2v) is 3.97. The third-order valence-corrected chi connectivity index (χ3v) is 3.29. The Hall–Kier alpha value is -0.870. The topological polar surface area (TPSA) is 52.0 Å². The number of nitrogens with two attached hydrogens (primary N) is 2. The van der Waals surface area contributed by atoms with Crippen molar-refractivity contribution in [2.24, 2.45) is 0 Å². The van der Waals surface area contributed by atoms with Crippen molar-refractivity contribution in [3.8, 4) is 0 Å². The van der Waals surface area contributed by atoms with Gasteiger partial charge in [0.25, 0.3) is 0 Å². The van der Waals surface area contributed by atoms with Crippen LogP contribution in [0.15, 0.2) is 22.4 Å². The SMILES string of the molecule is Nc1cc(N)c2scc(S)c2c1. The maximum Gasteiger partial charge on any atom is 0.0585 e. The maximum absolute atomic E-state index is 5.77. The minimum Gasteiger partial charge on any atom is -0.399 e. The van der Waals surface area contributed by atoms with Crippen LogP contribution in [0.1, 0.15) is 0 Å². The molecule has 0 aliphatic rings. The van der Waals surface area contributed by atoms with Gasteiger partial charge in [-0.1, -0.05) is 0 Å². The first-order valence-corrected chi connectivity index (χ1v) is 4.76. The van der Waals surface area contributed by atoms with Crippen LogP contribution in [0.4, 0.5) is 11.4 Å². The van der Waals surface area contributed by atoms with Crippen molar-refractivity contribution in [2.45, 2.75) is 4.90 Å². The summed E-state index contributed by atoms with van der Waals surface area (Å²) in [6, 6.07) is 3.66. The normalized spacial score (nSPS) is 10.8. The van der Waals surface area contributed by atoms with Crippen LogP contribution in [-0.4, -0.2) is 0 Å². The van der Waals surface area contributed by atoms with E-state index in [9.17, 15) is 0 Å². The summed E-state index contributed by atoms with van der Waals surface area (Å²) in [7, 11) is 0. The van der Waals surface area contributed by atoms with E-state index in [1.54, 1.807) is 17.4 Å². The average Bonchev–Trinajstić information content (AvgIpc) is 2.33. The predicted octanol–water partition coefficient (Wildman–Crippen LogP) is 2.35. The number of fused-ring (bicyclic) bond motifs is 1. The van der Waals surface area contributed by atoms with Crippen molar-refractivity contribution in [2.75, 3.05) is 11.5 Å². The molecule has 0 atom stereocenters. The van der Waals surface area contributed by atoms with E-state index in [0.717, 1.165) is 20.7 Å². The molecule has 2 aromatic rings. The fraction of sp³-hybridized carbons (Fsp3) is 0. The molecule has 1 aromatic carbocycles. The minimum absolute atomic E-state index is 0.689. The smallest absolute Gasteiger partial charge is 0.0585 e. The van der Waals surface area contributed by atoms with Gasteiger partial charge in [0.2, 0.25) is 0 Å². The van der Waals surface area contributed by atoms with E-state index in [1.165, 1.54) is 0 Å². The molecule has 62 valence electrons. The highest BCUT2D eigenvalue weighted by atomic mass is 32.1. The molecular weight excluding hydrogens is 188 g/mol. The van der Waals surface area contributed by atoms with E-state index in [-0.39, 0.29) is 0 Å². The number of benzene rings is 1. The van der Waals surface area contributed by atoms with Gasteiger partial charge < -0.3 is 11.5 Å².